The average Bonchev–Trinajstić information content (AvgIpc) is 2.56. The van der Waals surface area contributed by atoms with Gasteiger partial charge in [-0.2, -0.15) is 12.6 Å². The van der Waals surface area contributed by atoms with Crippen LogP contribution in [0.4, 0.5) is 0 Å². The molecule has 3 atom stereocenters. The highest BCUT2D eigenvalue weighted by Crippen LogP contribution is 1.99. The third-order valence-corrected chi connectivity index (χ3v) is 3.44. The first-order valence-electron chi connectivity index (χ1n) is 7.52. The van der Waals surface area contributed by atoms with E-state index in [1.807, 2.05) is 5.32 Å². The molecular formula is C13H22N6O7S. The van der Waals surface area contributed by atoms with Gasteiger partial charge in [-0.05, 0) is 0 Å². The Balaban J connectivity index is 5.23. The highest BCUT2D eigenvalue weighted by Gasteiger charge is 2.30. The summed E-state index contributed by atoms with van der Waals surface area (Å²) in [6, 6.07) is -4.39. The van der Waals surface area contributed by atoms with Gasteiger partial charge in [-0.1, -0.05) is 0 Å². The number of hydrogen-bond acceptors (Lipinski definition) is 8. The summed E-state index contributed by atoms with van der Waals surface area (Å²) < 4.78 is 0. The Labute approximate surface area is 159 Å². The number of rotatable bonds is 12. The lowest BCUT2D eigenvalue weighted by molar-refractivity contribution is -0.144. The predicted octanol–water partition coefficient (Wildman–Crippen LogP) is -4.84. The van der Waals surface area contributed by atoms with Crippen LogP contribution in [0.25, 0.3) is 0 Å². The van der Waals surface area contributed by atoms with E-state index >= 15 is 0 Å². The van der Waals surface area contributed by atoms with E-state index in [4.69, 9.17) is 22.3 Å². The molecule has 10 N–H and O–H groups in total. The van der Waals surface area contributed by atoms with Crippen LogP contribution in [0.1, 0.15) is 12.8 Å². The lowest BCUT2D eigenvalue weighted by Gasteiger charge is -2.23. The number of carbonyl (C=O) groups excluding carboxylic acids is 5. The first-order chi connectivity index (χ1) is 12.5. The summed E-state index contributed by atoms with van der Waals surface area (Å²) in [7, 11) is 0. The monoisotopic (exact) mass is 406 g/mol. The number of carbonyl (C=O) groups is 6. The van der Waals surface area contributed by atoms with Crippen LogP contribution in [-0.2, 0) is 28.8 Å². The van der Waals surface area contributed by atoms with Crippen molar-refractivity contribution in [1.82, 2.24) is 16.0 Å². The Bertz CT molecular complexity index is 614. The molecular weight excluding hydrogens is 384 g/mol. The van der Waals surface area contributed by atoms with Crippen LogP contribution in [0.2, 0.25) is 0 Å². The second-order valence-corrected chi connectivity index (χ2v) is 5.67. The standard InChI is InChI=1S/C13H22N6O7S/c14-3-10(22)17-7(4-27)12(24)18-5(1-8(15)20)11(23)19-6(13(25)26)2-9(16)21/h5-7,27H,1-4,14H2,(H2,15,20)(H2,16,21)(H,17,22)(H,18,24)(H,19,23)(H,25,26). The van der Waals surface area contributed by atoms with Crippen molar-refractivity contribution in [3.05, 3.63) is 0 Å². The molecule has 13 nitrogen and oxygen atoms in total. The summed E-state index contributed by atoms with van der Waals surface area (Å²) in [5.74, 6) is -6.28. The van der Waals surface area contributed by atoms with Gasteiger partial charge in [-0.3, -0.25) is 24.0 Å². The van der Waals surface area contributed by atoms with Gasteiger partial charge in [-0.15, -0.1) is 0 Å². The van der Waals surface area contributed by atoms with Gasteiger partial charge in [0, 0.05) is 5.75 Å². The maximum atomic E-state index is 12.2. The zero-order chi connectivity index (χ0) is 21.1. The fourth-order valence-corrected chi connectivity index (χ4v) is 2.06. The van der Waals surface area contributed by atoms with Crippen LogP contribution in [-0.4, -0.2) is 71.0 Å². The molecule has 3 unspecified atom stereocenters. The quantitative estimate of drug-likeness (QED) is 0.146. The maximum Gasteiger partial charge on any atom is 0.326 e. The van der Waals surface area contributed by atoms with Crippen molar-refractivity contribution in [1.29, 1.82) is 0 Å². The molecule has 5 amide bonds. The Morgan fingerprint density at radius 1 is 0.815 bits per heavy atom. The number of nitrogens with two attached hydrogens (primary N) is 3. The molecule has 0 heterocycles. The van der Waals surface area contributed by atoms with Gasteiger partial charge in [-0.25, -0.2) is 4.79 Å². The molecule has 0 spiro atoms. The fourth-order valence-electron chi connectivity index (χ4n) is 1.80. The van der Waals surface area contributed by atoms with Gasteiger partial charge in [0.05, 0.1) is 19.4 Å². The number of aliphatic carboxylic acids is 1. The number of thiol groups is 1. The van der Waals surface area contributed by atoms with Gasteiger partial charge in [0.25, 0.3) is 0 Å². The normalized spacial score (nSPS) is 13.6. The topological polar surface area (TPSA) is 237 Å². The lowest BCUT2D eigenvalue weighted by Crippen LogP contribution is -2.57. The molecule has 0 saturated carbocycles. The minimum Gasteiger partial charge on any atom is -0.480 e. The van der Waals surface area contributed by atoms with E-state index in [0.29, 0.717) is 0 Å². The molecule has 0 aromatic rings. The van der Waals surface area contributed by atoms with Gasteiger partial charge in [0.2, 0.25) is 29.5 Å². The molecule has 27 heavy (non-hydrogen) atoms. The van der Waals surface area contributed by atoms with E-state index in [9.17, 15) is 28.8 Å². The summed E-state index contributed by atoms with van der Waals surface area (Å²) in [6.07, 6.45) is -1.37. The first-order valence-corrected chi connectivity index (χ1v) is 8.15. The van der Waals surface area contributed by atoms with Gasteiger partial charge < -0.3 is 38.3 Å². The highest BCUT2D eigenvalue weighted by molar-refractivity contribution is 7.80. The van der Waals surface area contributed by atoms with Crippen molar-refractivity contribution in [3.63, 3.8) is 0 Å². The molecule has 0 aliphatic rings. The van der Waals surface area contributed by atoms with Crippen molar-refractivity contribution in [2.75, 3.05) is 12.3 Å². The van der Waals surface area contributed by atoms with Crippen LogP contribution >= 0.6 is 12.6 Å². The third-order valence-electron chi connectivity index (χ3n) is 3.08. The van der Waals surface area contributed by atoms with Crippen molar-refractivity contribution < 1.29 is 33.9 Å². The van der Waals surface area contributed by atoms with Gasteiger partial charge in [0.15, 0.2) is 0 Å². The van der Waals surface area contributed by atoms with Crippen molar-refractivity contribution >= 4 is 48.1 Å². The number of amides is 5. The first kappa shape index (κ1) is 24.1. The number of carboxylic acids is 1. The zero-order valence-electron chi connectivity index (χ0n) is 14.1. The molecule has 0 aliphatic heterocycles. The van der Waals surface area contributed by atoms with Crippen molar-refractivity contribution in [2.24, 2.45) is 17.2 Å². The minimum absolute atomic E-state index is 0.151. The number of carboxylic acid groups (broad SMARTS) is 1. The summed E-state index contributed by atoms with van der Waals surface area (Å²) in [5, 5.41) is 15.4. The van der Waals surface area contributed by atoms with Crippen molar-refractivity contribution in [2.45, 2.75) is 31.0 Å². The zero-order valence-corrected chi connectivity index (χ0v) is 15.0. The van der Waals surface area contributed by atoms with Crippen LogP contribution in [0.5, 0.6) is 0 Å². The molecule has 14 heteroatoms. The summed E-state index contributed by atoms with van der Waals surface area (Å²) in [4.78, 5) is 68.8. The van der Waals surface area contributed by atoms with E-state index in [1.54, 1.807) is 0 Å². The van der Waals surface area contributed by atoms with E-state index in [-0.39, 0.29) is 5.75 Å². The Morgan fingerprint density at radius 3 is 1.67 bits per heavy atom. The molecule has 0 rings (SSSR count). The Hall–Kier alpha value is -2.87. The summed E-state index contributed by atoms with van der Waals surface area (Å²) in [6.45, 7) is -0.393. The smallest absolute Gasteiger partial charge is 0.326 e. The van der Waals surface area contributed by atoms with Crippen LogP contribution in [0.15, 0.2) is 0 Å². The van der Waals surface area contributed by atoms with Crippen LogP contribution in [0, 0.1) is 0 Å². The van der Waals surface area contributed by atoms with Crippen molar-refractivity contribution in [3.8, 4) is 0 Å². The van der Waals surface area contributed by atoms with Gasteiger partial charge in [0.1, 0.15) is 18.1 Å². The number of hydrogen-bond donors (Lipinski definition) is 8. The fraction of sp³-hybridized carbons (Fsp3) is 0.538. The van der Waals surface area contributed by atoms with E-state index in [1.165, 1.54) is 0 Å². The maximum absolute atomic E-state index is 12.2. The molecule has 0 aromatic carbocycles. The molecule has 0 saturated heterocycles. The Morgan fingerprint density at radius 2 is 1.26 bits per heavy atom. The molecule has 152 valence electrons. The lowest BCUT2D eigenvalue weighted by atomic mass is 10.1. The highest BCUT2D eigenvalue weighted by atomic mass is 32.1. The van der Waals surface area contributed by atoms with Crippen LogP contribution < -0.4 is 33.2 Å². The van der Waals surface area contributed by atoms with E-state index < -0.39 is 73.0 Å². The molecule has 0 aromatic heterocycles. The van der Waals surface area contributed by atoms with Gasteiger partial charge >= 0.3 is 5.97 Å². The summed E-state index contributed by atoms with van der Waals surface area (Å²) in [5.41, 5.74) is 15.1. The predicted molar refractivity (Wildman–Crippen MR) is 94.0 cm³/mol. The molecule has 0 aliphatic carbocycles. The second-order valence-electron chi connectivity index (χ2n) is 5.31. The Kier molecular flexibility index (Phi) is 10.4. The number of primary amides is 2. The SMILES string of the molecule is NCC(=O)NC(CS)C(=O)NC(CC(N)=O)C(=O)NC(CC(N)=O)C(=O)O. The number of nitrogens with one attached hydrogen (secondary N) is 3. The molecule has 0 bridgehead atoms. The van der Waals surface area contributed by atoms with E-state index in [0.717, 1.165) is 0 Å². The molecule has 0 radical (unpaired) electrons. The average molecular weight is 406 g/mol. The minimum atomic E-state index is -1.67. The summed E-state index contributed by atoms with van der Waals surface area (Å²) >= 11 is 3.89. The molecule has 0 fully saturated rings. The van der Waals surface area contributed by atoms with Crippen LogP contribution in [0.3, 0.4) is 0 Å². The second kappa shape index (κ2) is 11.7. The third kappa shape index (κ3) is 9.41. The van der Waals surface area contributed by atoms with E-state index in [2.05, 4.69) is 23.3 Å². The largest absolute Gasteiger partial charge is 0.480 e.